The lowest BCUT2D eigenvalue weighted by atomic mass is 9.77. The predicted molar refractivity (Wildman–Crippen MR) is 121 cm³/mol. The Morgan fingerprint density at radius 3 is 2.41 bits per heavy atom. The summed E-state index contributed by atoms with van der Waals surface area (Å²) in [6, 6.07) is 0. The van der Waals surface area contributed by atoms with Crippen LogP contribution in [0.1, 0.15) is 53.9 Å². The van der Waals surface area contributed by atoms with Crippen LogP contribution in [0.2, 0.25) is 18.1 Å². The van der Waals surface area contributed by atoms with Gasteiger partial charge in [0.1, 0.15) is 6.29 Å². The molecule has 0 saturated carbocycles. The fourth-order valence-electron chi connectivity index (χ4n) is 3.89. The normalized spacial score (nSPS) is 36.4. The third kappa shape index (κ3) is 5.44. The number of carbonyl (C=O) groups excluding carboxylic acids is 1. The van der Waals surface area contributed by atoms with Crippen LogP contribution in [-0.2, 0) is 18.7 Å². The third-order valence-electron chi connectivity index (χ3n) is 6.87. The third-order valence-corrected chi connectivity index (χ3v) is 11.8. The zero-order valence-electron chi connectivity index (χ0n) is 17.9. The van der Waals surface area contributed by atoms with Crippen molar-refractivity contribution in [3.8, 4) is 0 Å². The molecule has 0 aliphatic carbocycles. The van der Waals surface area contributed by atoms with Crippen molar-refractivity contribution in [2.45, 2.75) is 103 Å². The highest BCUT2D eigenvalue weighted by Gasteiger charge is 2.49. The van der Waals surface area contributed by atoms with Gasteiger partial charge < -0.3 is 18.7 Å². The lowest BCUT2D eigenvalue weighted by molar-refractivity contribution is -0.237. The Hall–Kier alpha value is 0.237. The van der Waals surface area contributed by atoms with Gasteiger partial charge in [0.25, 0.3) is 0 Å². The second kappa shape index (κ2) is 9.37. The minimum absolute atomic E-state index is 0.0334. The van der Waals surface area contributed by atoms with Crippen molar-refractivity contribution in [2.75, 3.05) is 0 Å². The number of carbonyl (C=O) groups is 1. The minimum atomic E-state index is -1.91. The number of rotatable bonds is 6. The van der Waals surface area contributed by atoms with Gasteiger partial charge in [0, 0.05) is 6.42 Å². The highest BCUT2D eigenvalue weighted by molar-refractivity contribution is 14.1. The van der Waals surface area contributed by atoms with Crippen LogP contribution in [0.25, 0.3) is 0 Å². The highest BCUT2D eigenvalue weighted by Crippen LogP contribution is 2.43. The molecule has 0 aromatic heterocycles. The SMILES string of the molecule is C[C@@H]1[C@H]([C@H](/C=C/I)O[Si](C)(C)C(C)(C)C)O[C@H]2CC[C@H](CC=O)OC2[C@@H]1C. The summed E-state index contributed by atoms with van der Waals surface area (Å²) in [6.45, 7) is 15.9. The molecular formula is C21H37IO4Si. The summed E-state index contributed by atoms with van der Waals surface area (Å²) in [7, 11) is -1.91. The first-order valence-corrected chi connectivity index (χ1v) is 14.4. The maximum Gasteiger partial charge on any atom is 0.193 e. The summed E-state index contributed by atoms with van der Waals surface area (Å²) in [6.07, 6.45) is 5.69. The molecule has 0 aromatic carbocycles. The number of fused-ring (bicyclic) bond motifs is 1. The van der Waals surface area contributed by atoms with E-state index >= 15 is 0 Å². The van der Waals surface area contributed by atoms with Gasteiger partial charge in [-0.3, -0.25) is 0 Å². The van der Waals surface area contributed by atoms with Crippen LogP contribution in [0.4, 0.5) is 0 Å². The highest BCUT2D eigenvalue weighted by atomic mass is 127. The van der Waals surface area contributed by atoms with Crippen molar-refractivity contribution in [2.24, 2.45) is 11.8 Å². The Kier molecular flexibility index (Phi) is 8.16. The molecule has 0 spiro atoms. The molecule has 2 aliphatic heterocycles. The molecule has 0 bridgehead atoms. The molecule has 2 aliphatic rings. The molecule has 2 saturated heterocycles. The second-order valence-corrected chi connectivity index (χ2v) is 15.2. The van der Waals surface area contributed by atoms with Gasteiger partial charge in [0.15, 0.2) is 8.32 Å². The average Bonchev–Trinajstić information content (AvgIpc) is 2.57. The Balaban J connectivity index is 2.18. The van der Waals surface area contributed by atoms with Crippen LogP contribution >= 0.6 is 22.6 Å². The summed E-state index contributed by atoms with van der Waals surface area (Å²) in [4.78, 5) is 10.9. The molecule has 0 radical (unpaired) electrons. The van der Waals surface area contributed by atoms with E-state index < -0.39 is 8.32 Å². The Morgan fingerprint density at radius 2 is 1.85 bits per heavy atom. The van der Waals surface area contributed by atoms with E-state index in [0.29, 0.717) is 18.3 Å². The van der Waals surface area contributed by atoms with Crippen LogP contribution in [0, 0.1) is 11.8 Å². The molecule has 2 heterocycles. The van der Waals surface area contributed by atoms with Gasteiger partial charge in [-0.15, -0.1) is 0 Å². The molecule has 4 nitrogen and oxygen atoms in total. The summed E-state index contributed by atoms with van der Waals surface area (Å²) in [5, 5.41) is 0.159. The topological polar surface area (TPSA) is 44.8 Å². The number of hydrogen-bond acceptors (Lipinski definition) is 4. The van der Waals surface area contributed by atoms with Crippen molar-refractivity contribution in [1.29, 1.82) is 0 Å². The molecular weight excluding hydrogens is 471 g/mol. The van der Waals surface area contributed by atoms with E-state index in [4.69, 9.17) is 13.9 Å². The van der Waals surface area contributed by atoms with E-state index in [1.165, 1.54) is 0 Å². The van der Waals surface area contributed by atoms with Crippen LogP contribution in [0.15, 0.2) is 10.2 Å². The van der Waals surface area contributed by atoms with E-state index in [1.54, 1.807) is 0 Å². The Bertz CT molecular complexity index is 529. The molecule has 27 heavy (non-hydrogen) atoms. The summed E-state index contributed by atoms with van der Waals surface area (Å²) >= 11 is 2.27. The van der Waals surface area contributed by atoms with Crippen molar-refractivity contribution in [3.63, 3.8) is 0 Å². The maximum atomic E-state index is 10.9. The standard InChI is InChI=1S/C21H37IO4Si/c1-14-15(2)20(18(10-12-22)26-27(6,7)21(3,4)5)25-17-9-8-16(11-13-23)24-19(14)17/h10,12-20H,8-9,11H2,1-7H3/b12-10+/t14-,15+,16-,17+,18+,19?,20-/m1/s1. The number of aldehydes is 1. The number of hydrogen-bond donors (Lipinski definition) is 0. The first-order valence-electron chi connectivity index (χ1n) is 10.2. The zero-order chi connectivity index (χ0) is 20.4. The van der Waals surface area contributed by atoms with E-state index in [1.807, 2.05) is 0 Å². The fourth-order valence-corrected chi connectivity index (χ4v) is 5.54. The van der Waals surface area contributed by atoms with Gasteiger partial charge in [-0.1, -0.05) is 57.2 Å². The molecule has 6 heteroatoms. The lowest BCUT2D eigenvalue weighted by Crippen LogP contribution is -2.58. The first-order chi connectivity index (χ1) is 12.5. The monoisotopic (exact) mass is 508 g/mol. The lowest BCUT2D eigenvalue weighted by Gasteiger charge is -2.51. The molecule has 2 fully saturated rings. The van der Waals surface area contributed by atoms with Crippen molar-refractivity contribution < 1.29 is 18.7 Å². The van der Waals surface area contributed by atoms with Crippen LogP contribution in [-0.4, -0.2) is 45.1 Å². The maximum absolute atomic E-state index is 10.9. The van der Waals surface area contributed by atoms with E-state index in [0.717, 1.165) is 19.1 Å². The second-order valence-electron chi connectivity index (χ2n) is 9.72. The zero-order valence-corrected chi connectivity index (χ0v) is 21.1. The molecule has 156 valence electrons. The van der Waals surface area contributed by atoms with E-state index in [-0.39, 0.29) is 35.6 Å². The summed E-state index contributed by atoms with van der Waals surface area (Å²) in [5.74, 6) is 0.694. The van der Waals surface area contributed by atoms with Gasteiger partial charge in [0.2, 0.25) is 0 Å². The smallest absolute Gasteiger partial charge is 0.193 e. The molecule has 0 N–H and O–H groups in total. The quantitative estimate of drug-likeness (QED) is 0.270. The van der Waals surface area contributed by atoms with Crippen molar-refractivity contribution >= 4 is 37.2 Å². The van der Waals surface area contributed by atoms with Gasteiger partial charge in [-0.05, 0) is 53.0 Å². The Labute approximate surface area is 180 Å². The van der Waals surface area contributed by atoms with Gasteiger partial charge >= 0.3 is 0 Å². The minimum Gasteiger partial charge on any atom is -0.408 e. The first kappa shape index (κ1) is 23.5. The van der Waals surface area contributed by atoms with Gasteiger partial charge in [0.05, 0.1) is 30.5 Å². The molecule has 0 aromatic rings. The summed E-state index contributed by atoms with van der Waals surface area (Å²) in [5.41, 5.74) is 0. The van der Waals surface area contributed by atoms with E-state index in [2.05, 4.69) is 80.5 Å². The Morgan fingerprint density at radius 1 is 1.19 bits per heavy atom. The van der Waals surface area contributed by atoms with Crippen molar-refractivity contribution in [1.82, 2.24) is 0 Å². The summed E-state index contributed by atoms with van der Waals surface area (Å²) < 4.78 is 21.7. The van der Waals surface area contributed by atoms with Gasteiger partial charge in [-0.2, -0.15) is 0 Å². The van der Waals surface area contributed by atoms with Crippen LogP contribution < -0.4 is 0 Å². The van der Waals surface area contributed by atoms with Crippen LogP contribution in [0.5, 0.6) is 0 Å². The van der Waals surface area contributed by atoms with E-state index in [9.17, 15) is 4.79 Å². The molecule has 0 amide bonds. The van der Waals surface area contributed by atoms with Gasteiger partial charge in [-0.25, -0.2) is 0 Å². The number of ether oxygens (including phenoxy) is 2. The predicted octanol–water partition coefficient (Wildman–Crippen LogP) is 5.50. The van der Waals surface area contributed by atoms with Crippen LogP contribution in [0.3, 0.4) is 0 Å². The average molecular weight is 509 g/mol. The fraction of sp³-hybridized carbons (Fsp3) is 0.857. The molecule has 2 rings (SSSR count). The molecule has 1 unspecified atom stereocenters. The number of halogens is 1. The van der Waals surface area contributed by atoms with Crippen molar-refractivity contribution in [3.05, 3.63) is 10.2 Å². The largest absolute Gasteiger partial charge is 0.408 e. The molecule has 7 atom stereocenters.